The average Bonchev–Trinajstić information content (AvgIpc) is 2.51. The number of guanidine groups is 1. The van der Waals surface area contributed by atoms with Gasteiger partial charge < -0.3 is 15.4 Å². The highest BCUT2D eigenvalue weighted by atomic mass is 16.5. The van der Waals surface area contributed by atoms with Gasteiger partial charge in [0.25, 0.3) is 0 Å². The molecule has 4 nitrogen and oxygen atoms in total. The van der Waals surface area contributed by atoms with E-state index in [4.69, 9.17) is 4.74 Å². The van der Waals surface area contributed by atoms with Crippen LogP contribution in [-0.2, 0) is 11.3 Å². The summed E-state index contributed by atoms with van der Waals surface area (Å²) in [6, 6.07) is 10.3. The van der Waals surface area contributed by atoms with Crippen molar-refractivity contribution in [1.29, 1.82) is 0 Å². The molecule has 21 heavy (non-hydrogen) atoms. The monoisotopic (exact) mass is 291 g/mol. The molecule has 0 radical (unpaired) electrons. The zero-order valence-electron chi connectivity index (χ0n) is 13.6. The van der Waals surface area contributed by atoms with Crippen LogP contribution in [0.25, 0.3) is 0 Å². The van der Waals surface area contributed by atoms with E-state index in [2.05, 4.69) is 48.5 Å². The van der Waals surface area contributed by atoms with E-state index in [0.717, 1.165) is 38.6 Å². The molecule has 1 unspecified atom stereocenters. The molecule has 0 saturated heterocycles. The number of hydrogen-bond acceptors (Lipinski definition) is 2. The van der Waals surface area contributed by atoms with Crippen LogP contribution in [0.5, 0.6) is 0 Å². The Balaban J connectivity index is 2.26. The number of nitrogens with zero attached hydrogens (tertiary/aromatic N) is 1. The van der Waals surface area contributed by atoms with Crippen LogP contribution in [0, 0.1) is 5.92 Å². The maximum absolute atomic E-state index is 5.74. The van der Waals surface area contributed by atoms with Gasteiger partial charge in [0.15, 0.2) is 5.96 Å². The van der Waals surface area contributed by atoms with Gasteiger partial charge in [0.2, 0.25) is 0 Å². The summed E-state index contributed by atoms with van der Waals surface area (Å²) in [6.07, 6.45) is 1.10. The minimum absolute atomic E-state index is 0.408. The van der Waals surface area contributed by atoms with Gasteiger partial charge in [0.1, 0.15) is 0 Å². The van der Waals surface area contributed by atoms with Crippen molar-refractivity contribution in [3.8, 4) is 0 Å². The fourth-order valence-corrected chi connectivity index (χ4v) is 1.84. The minimum Gasteiger partial charge on any atom is -0.376 e. The molecule has 0 aliphatic rings. The second kappa shape index (κ2) is 11.1. The van der Waals surface area contributed by atoms with Gasteiger partial charge in [0, 0.05) is 19.6 Å². The maximum atomic E-state index is 5.74. The quantitative estimate of drug-likeness (QED) is 0.543. The molecule has 0 aliphatic heterocycles. The molecule has 0 fully saturated rings. The molecular formula is C17H29N3O. The van der Waals surface area contributed by atoms with Crippen molar-refractivity contribution >= 4 is 5.96 Å². The van der Waals surface area contributed by atoms with Crippen molar-refractivity contribution in [2.75, 3.05) is 26.2 Å². The third kappa shape index (κ3) is 8.35. The van der Waals surface area contributed by atoms with Crippen molar-refractivity contribution in [1.82, 2.24) is 10.6 Å². The number of ether oxygens (including phenoxy) is 1. The van der Waals surface area contributed by atoms with E-state index in [1.54, 1.807) is 0 Å². The van der Waals surface area contributed by atoms with Gasteiger partial charge in [-0.1, -0.05) is 44.2 Å². The van der Waals surface area contributed by atoms with Gasteiger partial charge in [-0.3, -0.25) is 4.99 Å². The highest BCUT2D eigenvalue weighted by Crippen LogP contribution is 2.03. The first-order chi connectivity index (χ1) is 10.3. The van der Waals surface area contributed by atoms with Crippen molar-refractivity contribution in [3.05, 3.63) is 35.9 Å². The van der Waals surface area contributed by atoms with Crippen LogP contribution in [0.2, 0.25) is 0 Å². The molecule has 1 aromatic carbocycles. The van der Waals surface area contributed by atoms with Crippen LogP contribution in [0.15, 0.2) is 35.3 Å². The third-order valence-electron chi connectivity index (χ3n) is 2.96. The molecule has 0 spiro atoms. The normalized spacial score (nSPS) is 13.0. The topological polar surface area (TPSA) is 45.7 Å². The first-order valence-electron chi connectivity index (χ1n) is 7.90. The first kappa shape index (κ1) is 17.5. The number of rotatable bonds is 9. The Morgan fingerprint density at radius 3 is 2.62 bits per heavy atom. The minimum atomic E-state index is 0.408. The second-order valence-electron chi connectivity index (χ2n) is 5.25. The van der Waals surface area contributed by atoms with Gasteiger partial charge in [-0.2, -0.15) is 0 Å². The number of aliphatic imine (C=N–C) groups is 1. The summed E-state index contributed by atoms with van der Waals surface area (Å²) in [4.78, 5) is 4.59. The Kier molecular flexibility index (Phi) is 9.29. The lowest BCUT2D eigenvalue weighted by atomic mass is 10.2. The molecule has 4 heteroatoms. The summed E-state index contributed by atoms with van der Waals surface area (Å²) >= 11 is 0. The standard InChI is InChI=1S/C17H29N3O/c1-4-11-19-17(18-5-2)20-12-15(3)13-21-14-16-9-7-6-8-10-16/h6-10,15H,4-5,11-14H2,1-3H3,(H2,18,19,20). The largest absolute Gasteiger partial charge is 0.376 e. The summed E-state index contributed by atoms with van der Waals surface area (Å²) in [7, 11) is 0. The van der Waals surface area contributed by atoms with Gasteiger partial charge in [-0.05, 0) is 24.8 Å². The van der Waals surface area contributed by atoms with Crippen LogP contribution in [0.4, 0.5) is 0 Å². The van der Waals surface area contributed by atoms with Crippen LogP contribution in [0.3, 0.4) is 0 Å². The summed E-state index contributed by atoms with van der Waals surface area (Å²) in [5.74, 6) is 1.31. The Hall–Kier alpha value is -1.55. The fraction of sp³-hybridized carbons (Fsp3) is 0.588. The van der Waals surface area contributed by atoms with Gasteiger partial charge in [-0.25, -0.2) is 0 Å². The fourth-order valence-electron chi connectivity index (χ4n) is 1.84. The molecule has 0 heterocycles. The summed E-state index contributed by atoms with van der Waals surface area (Å²) < 4.78 is 5.74. The Labute approximate surface area is 129 Å². The van der Waals surface area contributed by atoms with Gasteiger partial charge in [0.05, 0.1) is 13.2 Å². The van der Waals surface area contributed by atoms with Crippen LogP contribution >= 0.6 is 0 Å². The zero-order valence-corrected chi connectivity index (χ0v) is 13.6. The lowest BCUT2D eigenvalue weighted by molar-refractivity contribution is 0.0945. The number of hydrogen-bond donors (Lipinski definition) is 2. The Morgan fingerprint density at radius 2 is 1.95 bits per heavy atom. The smallest absolute Gasteiger partial charge is 0.191 e. The summed E-state index contributed by atoms with van der Waals surface area (Å²) in [5, 5.41) is 6.56. The van der Waals surface area contributed by atoms with E-state index in [9.17, 15) is 0 Å². The van der Waals surface area contributed by atoms with E-state index in [1.807, 2.05) is 18.2 Å². The maximum Gasteiger partial charge on any atom is 0.191 e. The molecule has 0 saturated carbocycles. The van der Waals surface area contributed by atoms with E-state index < -0.39 is 0 Å². The van der Waals surface area contributed by atoms with Crippen LogP contribution in [-0.4, -0.2) is 32.2 Å². The summed E-state index contributed by atoms with van der Waals surface area (Å²) in [6.45, 7) is 10.4. The van der Waals surface area contributed by atoms with Crippen molar-refractivity contribution in [2.45, 2.75) is 33.8 Å². The Morgan fingerprint density at radius 1 is 1.19 bits per heavy atom. The number of benzene rings is 1. The van der Waals surface area contributed by atoms with Crippen molar-refractivity contribution < 1.29 is 4.74 Å². The van der Waals surface area contributed by atoms with E-state index in [0.29, 0.717) is 12.5 Å². The van der Waals surface area contributed by atoms with Crippen LogP contribution in [0.1, 0.15) is 32.8 Å². The molecule has 0 amide bonds. The summed E-state index contributed by atoms with van der Waals surface area (Å²) in [5.41, 5.74) is 1.21. The lowest BCUT2D eigenvalue weighted by Gasteiger charge is -2.13. The third-order valence-corrected chi connectivity index (χ3v) is 2.96. The highest BCUT2D eigenvalue weighted by Gasteiger charge is 2.03. The van der Waals surface area contributed by atoms with E-state index in [1.165, 1.54) is 5.56 Å². The molecule has 0 aromatic heterocycles. The zero-order chi connectivity index (χ0) is 15.3. The average molecular weight is 291 g/mol. The molecule has 2 N–H and O–H groups in total. The SMILES string of the molecule is CCCNC(=NCC(C)COCc1ccccc1)NCC. The Bertz CT molecular complexity index is 392. The second-order valence-corrected chi connectivity index (χ2v) is 5.25. The first-order valence-corrected chi connectivity index (χ1v) is 7.90. The molecule has 1 rings (SSSR count). The predicted octanol–water partition coefficient (Wildman–Crippen LogP) is 2.80. The van der Waals surface area contributed by atoms with E-state index >= 15 is 0 Å². The van der Waals surface area contributed by atoms with Gasteiger partial charge in [-0.15, -0.1) is 0 Å². The molecule has 118 valence electrons. The predicted molar refractivity (Wildman–Crippen MR) is 89.5 cm³/mol. The van der Waals surface area contributed by atoms with Crippen molar-refractivity contribution in [2.24, 2.45) is 10.9 Å². The van der Waals surface area contributed by atoms with Crippen LogP contribution < -0.4 is 10.6 Å². The van der Waals surface area contributed by atoms with Gasteiger partial charge >= 0.3 is 0 Å². The molecule has 0 bridgehead atoms. The molecule has 1 atom stereocenters. The molecule has 0 aliphatic carbocycles. The molecule has 1 aromatic rings. The van der Waals surface area contributed by atoms with E-state index in [-0.39, 0.29) is 0 Å². The molecular weight excluding hydrogens is 262 g/mol. The number of nitrogens with one attached hydrogen (secondary N) is 2. The highest BCUT2D eigenvalue weighted by molar-refractivity contribution is 5.79. The lowest BCUT2D eigenvalue weighted by Crippen LogP contribution is -2.38. The van der Waals surface area contributed by atoms with Crippen molar-refractivity contribution in [3.63, 3.8) is 0 Å².